The van der Waals surface area contributed by atoms with Gasteiger partial charge in [0.25, 0.3) is 5.91 Å². The van der Waals surface area contributed by atoms with Gasteiger partial charge >= 0.3 is 5.97 Å². The molecule has 2 unspecified atom stereocenters. The third-order valence-corrected chi connectivity index (χ3v) is 3.90. The van der Waals surface area contributed by atoms with E-state index in [0.717, 1.165) is 5.56 Å². The van der Waals surface area contributed by atoms with Crippen LogP contribution < -0.4 is 10.6 Å². The summed E-state index contributed by atoms with van der Waals surface area (Å²) < 4.78 is 4.81. The molecule has 2 aromatic carbocycles. The second kappa shape index (κ2) is 10.1. The highest BCUT2D eigenvalue weighted by molar-refractivity contribution is 5.94. The number of amides is 2. The highest BCUT2D eigenvalue weighted by Crippen LogP contribution is 2.17. The molecule has 0 bridgehead atoms. The lowest BCUT2D eigenvalue weighted by molar-refractivity contribution is -0.143. The molecular formula is C20H22N2O5. The molecule has 27 heavy (non-hydrogen) atoms. The number of carboxylic acid groups (broad SMARTS) is 1. The quantitative estimate of drug-likeness (QED) is 0.624. The highest BCUT2D eigenvalue weighted by Gasteiger charge is 2.24. The van der Waals surface area contributed by atoms with Gasteiger partial charge in [0.15, 0.2) is 6.04 Å². The minimum atomic E-state index is -1.19. The number of carboxylic acids is 1. The molecule has 0 aromatic heterocycles. The monoisotopic (exact) mass is 370 g/mol. The lowest BCUT2D eigenvalue weighted by Gasteiger charge is -2.20. The number of nitrogens with one attached hydrogen (secondary N) is 2. The molecule has 3 N–H and O–H groups in total. The number of carbonyl (C=O) groups is 3. The molecule has 2 amide bonds. The zero-order valence-electron chi connectivity index (χ0n) is 14.9. The summed E-state index contributed by atoms with van der Waals surface area (Å²) in [6.07, 6.45) is -0.101. The first kappa shape index (κ1) is 20.1. The fraction of sp³-hybridized carbons (Fsp3) is 0.250. The Morgan fingerprint density at radius 1 is 0.963 bits per heavy atom. The smallest absolute Gasteiger partial charge is 0.328 e. The molecule has 142 valence electrons. The molecule has 2 aromatic rings. The molecule has 0 saturated carbocycles. The first-order valence-electron chi connectivity index (χ1n) is 8.43. The third kappa shape index (κ3) is 6.23. The molecular weight excluding hydrogens is 348 g/mol. The molecule has 0 saturated heterocycles. The van der Waals surface area contributed by atoms with Gasteiger partial charge in [-0.3, -0.25) is 9.59 Å². The maximum Gasteiger partial charge on any atom is 0.328 e. The maximum atomic E-state index is 12.5. The molecule has 7 heteroatoms. The van der Waals surface area contributed by atoms with Gasteiger partial charge < -0.3 is 20.5 Å². The van der Waals surface area contributed by atoms with E-state index in [1.165, 1.54) is 7.11 Å². The number of carbonyl (C=O) groups excluding carboxylic acids is 2. The van der Waals surface area contributed by atoms with Crippen LogP contribution in [0.3, 0.4) is 0 Å². The molecule has 2 atom stereocenters. The SMILES string of the molecule is COCC(NC(=O)CC(NC(=O)c1ccccc1)c1ccccc1)C(=O)O. The van der Waals surface area contributed by atoms with E-state index in [0.29, 0.717) is 5.56 Å². The van der Waals surface area contributed by atoms with Crippen LogP contribution in [0.5, 0.6) is 0 Å². The van der Waals surface area contributed by atoms with Crippen molar-refractivity contribution in [2.24, 2.45) is 0 Å². The van der Waals surface area contributed by atoms with E-state index in [1.807, 2.05) is 6.07 Å². The Morgan fingerprint density at radius 2 is 1.56 bits per heavy atom. The number of methoxy groups -OCH3 is 1. The molecule has 0 aliphatic heterocycles. The standard InChI is InChI=1S/C20H22N2O5/c1-27-13-17(20(25)26)21-18(23)12-16(14-8-4-2-5-9-14)22-19(24)15-10-6-3-7-11-15/h2-11,16-17H,12-13H2,1H3,(H,21,23)(H,22,24)(H,25,26). The van der Waals surface area contributed by atoms with Crippen LogP contribution in [0.1, 0.15) is 28.4 Å². The summed E-state index contributed by atoms with van der Waals surface area (Å²) in [5.41, 5.74) is 1.22. The third-order valence-electron chi connectivity index (χ3n) is 3.90. The highest BCUT2D eigenvalue weighted by atomic mass is 16.5. The maximum absolute atomic E-state index is 12.5. The van der Waals surface area contributed by atoms with Crippen molar-refractivity contribution in [2.45, 2.75) is 18.5 Å². The fourth-order valence-corrected chi connectivity index (χ4v) is 2.55. The Labute approximate surface area is 157 Å². The van der Waals surface area contributed by atoms with Gasteiger partial charge in [0, 0.05) is 12.7 Å². The Hall–Kier alpha value is -3.19. The number of benzene rings is 2. The lowest BCUT2D eigenvalue weighted by atomic mass is 10.0. The average Bonchev–Trinajstić information content (AvgIpc) is 2.68. The number of hydrogen-bond donors (Lipinski definition) is 3. The van der Waals surface area contributed by atoms with Crippen molar-refractivity contribution >= 4 is 17.8 Å². The van der Waals surface area contributed by atoms with Crippen molar-refractivity contribution in [1.29, 1.82) is 0 Å². The Balaban J connectivity index is 2.12. The largest absolute Gasteiger partial charge is 0.480 e. The predicted octanol–water partition coefficient (Wildman–Crippen LogP) is 1.76. The van der Waals surface area contributed by atoms with Gasteiger partial charge in [-0.15, -0.1) is 0 Å². The zero-order chi connectivity index (χ0) is 19.6. The van der Waals surface area contributed by atoms with Gasteiger partial charge in [0.2, 0.25) is 5.91 Å². The van der Waals surface area contributed by atoms with E-state index in [1.54, 1.807) is 54.6 Å². The van der Waals surface area contributed by atoms with Gasteiger partial charge in [0.1, 0.15) is 0 Å². The fourth-order valence-electron chi connectivity index (χ4n) is 2.55. The van der Waals surface area contributed by atoms with Crippen LogP contribution >= 0.6 is 0 Å². The topological polar surface area (TPSA) is 105 Å². The number of rotatable bonds is 9. The van der Waals surface area contributed by atoms with Crippen molar-refractivity contribution in [3.05, 3.63) is 71.8 Å². The summed E-state index contributed by atoms with van der Waals surface area (Å²) >= 11 is 0. The molecule has 0 radical (unpaired) electrons. The summed E-state index contributed by atoms with van der Waals surface area (Å²) in [6, 6.07) is 16.0. The first-order valence-corrected chi connectivity index (χ1v) is 8.43. The Kier molecular flexibility index (Phi) is 7.51. The van der Waals surface area contributed by atoms with E-state index < -0.39 is 24.0 Å². The van der Waals surface area contributed by atoms with Crippen molar-refractivity contribution in [2.75, 3.05) is 13.7 Å². The lowest BCUT2D eigenvalue weighted by Crippen LogP contribution is -2.45. The summed E-state index contributed by atoms with van der Waals surface area (Å²) in [4.78, 5) is 36.0. The van der Waals surface area contributed by atoms with Gasteiger partial charge in [-0.05, 0) is 17.7 Å². The van der Waals surface area contributed by atoms with Crippen molar-refractivity contribution in [3.8, 4) is 0 Å². The molecule has 2 rings (SSSR count). The van der Waals surface area contributed by atoms with Crippen LogP contribution in [-0.2, 0) is 14.3 Å². The number of aliphatic carboxylic acids is 1. The normalized spacial score (nSPS) is 12.6. The number of hydrogen-bond acceptors (Lipinski definition) is 4. The van der Waals surface area contributed by atoms with Gasteiger partial charge in [-0.2, -0.15) is 0 Å². The van der Waals surface area contributed by atoms with Crippen LogP contribution in [0, 0.1) is 0 Å². The van der Waals surface area contributed by atoms with Gasteiger partial charge in [0.05, 0.1) is 19.1 Å². The van der Waals surface area contributed by atoms with Crippen LogP contribution in [0.25, 0.3) is 0 Å². The zero-order valence-corrected chi connectivity index (χ0v) is 14.9. The van der Waals surface area contributed by atoms with E-state index in [4.69, 9.17) is 9.84 Å². The molecule has 0 aliphatic carbocycles. The van der Waals surface area contributed by atoms with Crippen molar-refractivity contribution in [1.82, 2.24) is 10.6 Å². The molecule has 0 spiro atoms. The Bertz CT molecular complexity index is 764. The van der Waals surface area contributed by atoms with E-state index in [9.17, 15) is 14.4 Å². The Morgan fingerprint density at radius 3 is 2.11 bits per heavy atom. The number of ether oxygens (including phenoxy) is 1. The van der Waals surface area contributed by atoms with E-state index >= 15 is 0 Å². The second-order valence-electron chi connectivity index (χ2n) is 5.92. The minimum absolute atomic E-state index is 0.101. The van der Waals surface area contributed by atoms with Crippen molar-refractivity contribution in [3.63, 3.8) is 0 Å². The van der Waals surface area contributed by atoms with Crippen LogP contribution in [0.15, 0.2) is 60.7 Å². The van der Waals surface area contributed by atoms with Crippen LogP contribution in [-0.4, -0.2) is 42.6 Å². The molecule has 0 heterocycles. The second-order valence-corrected chi connectivity index (χ2v) is 5.92. The minimum Gasteiger partial charge on any atom is -0.480 e. The van der Waals surface area contributed by atoms with Gasteiger partial charge in [-0.25, -0.2) is 4.79 Å². The molecule has 7 nitrogen and oxygen atoms in total. The van der Waals surface area contributed by atoms with Crippen LogP contribution in [0.4, 0.5) is 0 Å². The van der Waals surface area contributed by atoms with E-state index in [2.05, 4.69) is 10.6 Å². The molecule has 0 aliphatic rings. The summed E-state index contributed by atoms with van der Waals surface area (Å²) in [7, 11) is 1.36. The summed E-state index contributed by atoms with van der Waals surface area (Å²) in [6.45, 7) is -0.145. The summed E-state index contributed by atoms with van der Waals surface area (Å²) in [5.74, 6) is -2.00. The predicted molar refractivity (Wildman–Crippen MR) is 99.2 cm³/mol. The van der Waals surface area contributed by atoms with Gasteiger partial charge in [-0.1, -0.05) is 48.5 Å². The average molecular weight is 370 g/mol. The van der Waals surface area contributed by atoms with Crippen molar-refractivity contribution < 1.29 is 24.2 Å². The first-order chi connectivity index (χ1) is 13.0. The molecule has 0 fully saturated rings. The van der Waals surface area contributed by atoms with E-state index in [-0.39, 0.29) is 18.9 Å². The summed E-state index contributed by atoms with van der Waals surface area (Å²) in [5, 5.41) is 14.4. The van der Waals surface area contributed by atoms with Crippen LogP contribution in [0.2, 0.25) is 0 Å².